The molecule has 1 aliphatic heterocycles. The smallest absolute Gasteiger partial charge is 0.251 e. The number of anilines is 2. The van der Waals surface area contributed by atoms with E-state index in [9.17, 15) is 4.79 Å². The maximum absolute atomic E-state index is 12.8. The minimum absolute atomic E-state index is 0.0514. The van der Waals surface area contributed by atoms with Crippen molar-refractivity contribution >= 4 is 17.5 Å². The van der Waals surface area contributed by atoms with Crippen LogP contribution in [0.1, 0.15) is 23.2 Å². The number of nitrogens with two attached hydrogens (primary N) is 1. The molecule has 28 heavy (non-hydrogen) atoms. The minimum Gasteiger partial charge on any atom is -0.384 e. The number of nitrogens with zero attached hydrogens (tertiary/aromatic N) is 5. The zero-order chi connectivity index (χ0) is 19.3. The molecule has 8 heteroatoms. The lowest BCUT2D eigenvalue weighted by molar-refractivity contribution is 0.0933. The fourth-order valence-corrected chi connectivity index (χ4v) is 3.34. The lowest BCUT2D eigenvalue weighted by Crippen LogP contribution is -2.48. The number of nitrogen functional groups attached to an aromatic ring is 1. The Morgan fingerprint density at radius 1 is 1.18 bits per heavy atom. The number of hydrogen-bond acceptors (Lipinski definition) is 7. The van der Waals surface area contributed by atoms with Gasteiger partial charge in [0.25, 0.3) is 5.91 Å². The van der Waals surface area contributed by atoms with Crippen LogP contribution < -0.4 is 16.0 Å². The van der Waals surface area contributed by atoms with Gasteiger partial charge in [0.15, 0.2) is 5.82 Å². The van der Waals surface area contributed by atoms with Gasteiger partial charge in [0.1, 0.15) is 11.6 Å². The Morgan fingerprint density at radius 2 is 2.11 bits per heavy atom. The number of amides is 1. The first-order chi connectivity index (χ1) is 13.7. The average Bonchev–Trinajstić information content (AvgIpc) is 2.75. The molecule has 142 valence electrons. The minimum atomic E-state index is -0.114. The van der Waals surface area contributed by atoms with Gasteiger partial charge in [0.2, 0.25) is 0 Å². The second-order valence-corrected chi connectivity index (χ2v) is 6.71. The van der Waals surface area contributed by atoms with Crippen LogP contribution in [0.25, 0.3) is 11.4 Å². The first-order valence-corrected chi connectivity index (χ1v) is 9.20. The lowest BCUT2D eigenvalue weighted by Gasteiger charge is -2.33. The molecule has 3 N–H and O–H groups in total. The molecule has 4 rings (SSSR count). The monoisotopic (exact) mass is 375 g/mol. The van der Waals surface area contributed by atoms with Gasteiger partial charge < -0.3 is 16.0 Å². The molecule has 0 saturated carbocycles. The summed E-state index contributed by atoms with van der Waals surface area (Å²) in [6, 6.07) is 8.94. The SMILES string of the molecule is Nc1ccnc(-c2cccc(C(=O)N[C@@H]3CCCN(c4cnccn4)C3)c2)n1. The predicted molar refractivity (Wildman–Crippen MR) is 107 cm³/mol. The second-order valence-electron chi connectivity index (χ2n) is 6.71. The van der Waals surface area contributed by atoms with Crippen LogP contribution in [0.2, 0.25) is 0 Å². The van der Waals surface area contributed by atoms with E-state index in [0.717, 1.165) is 30.8 Å². The van der Waals surface area contributed by atoms with Crippen molar-refractivity contribution in [2.75, 3.05) is 23.7 Å². The van der Waals surface area contributed by atoms with E-state index in [2.05, 4.69) is 30.2 Å². The number of piperidine rings is 1. The summed E-state index contributed by atoms with van der Waals surface area (Å²) >= 11 is 0. The van der Waals surface area contributed by atoms with Crippen molar-refractivity contribution < 1.29 is 4.79 Å². The van der Waals surface area contributed by atoms with Gasteiger partial charge in [0, 0.05) is 48.8 Å². The van der Waals surface area contributed by atoms with Gasteiger partial charge in [-0.2, -0.15) is 0 Å². The van der Waals surface area contributed by atoms with Crippen molar-refractivity contribution in [1.29, 1.82) is 0 Å². The molecule has 8 nitrogen and oxygen atoms in total. The number of carbonyl (C=O) groups excluding carboxylic acids is 1. The molecule has 1 atom stereocenters. The Kier molecular flexibility index (Phi) is 5.09. The summed E-state index contributed by atoms with van der Waals surface area (Å²) in [7, 11) is 0. The summed E-state index contributed by atoms with van der Waals surface area (Å²) in [5.74, 6) is 1.62. The Hall–Kier alpha value is -3.55. The van der Waals surface area contributed by atoms with Crippen molar-refractivity contribution in [2.24, 2.45) is 0 Å². The van der Waals surface area contributed by atoms with Crippen molar-refractivity contribution in [3.8, 4) is 11.4 Å². The van der Waals surface area contributed by atoms with Gasteiger partial charge in [0.05, 0.1) is 6.20 Å². The first-order valence-electron chi connectivity index (χ1n) is 9.20. The zero-order valence-corrected chi connectivity index (χ0v) is 15.3. The average molecular weight is 375 g/mol. The molecule has 1 saturated heterocycles. The van der Waals surface area contributed by atoms with Crippen LogP contribution in [0.5, 0.6) is 0 Å². The molecular weight excluding hydrogens is 354 g/mol. The molecule has 0 radical (unpaired) electrons. The third kappa shape index (κ3) is 4.06. The van der Waals surface area contributed by atoms with Crippen LogP contribution in [-0.2, 0) is 0 Å². The summed E-state index contributed by atoms with van der Waals surface area (Å²) in [5.41, 5.74) is 7.06. The van der Waals surface area contributed by atoms with E-state index in [1.807, 2.05) is 12.1 Å². The topological polar surface area (TPSA) is 110 Å². The zero-order valence-electron chi connectivity index (χ0n) is 15.3. The van der Waals surface area contributed by atoms with Crippen LogP contribution >= 0.6 is 0 Å². The summed E-state index contributed by atoms with van der Waals surface area (Å²) in [5, 5.41) is 3.13. The third-order valence-corrected chi connectivity index (χ3v) is 4.69. The Morgan fingerprint density at radius 3 is 2.93 bits per heavy atom. The molecule has 1 aliphatic rings. The molecule has 0 unspecified atom stereocenters. The number of rotatable bonds is 4. The molecule has 0 spiro atoms. The molecule has 0 aliphatic carbocycles. The lowest BCUT2D eigenvalue weighted by atomic mass is 10.0. The van der Waals surface area contributed by atoms with E-state index in [1.165, 1.54) is 0 Å². The largest absolute Gasteiger partial charge is 0.384 e. The van der Waals surface area contributed by atoms with E-state index in [4.69, 9.17) is 5.73 Å². The quantitative estimate of drug-likeness (QED) is 0.717. The highest BCUT2D eigenvalue weighted by Crippen LogP contribution is 2.19. The molecule has 1 amide bonds. The number of aromatic nitrogens is 4. The van der Waals surface area contributed by atoms with Gasteiger partial charge in [-0.15, -0.1) is 0 Å². The molecule has 1 aromatic carbocycles. The highest BCUT2D eigenvalue weighted by atomic mass is 16.1. The van der Waals surface area contributed by atoms with Crippen LogP contribution in [0.3, 0.4) is 0 Å². The number of hydrogen-bond donors (Lipinski definition) is 2. The van der Waals surface area contributed by atoms with Gasteiger partial charge in [-0.25, -0.2) is 15.0 Å². The molecule has 3 aromatic rings. The van der Waals surface area contributed by atoms with Gasteiger partial charge in [-0.3, -0.25) is 9.78 Å². The molecule has 2 aromatic heterocycles. The van der Waals surface area contributed by atoms with Crippen molar-refractivity contribution in [3.63, 3.8) is 0 Å². The molecular formula is C20H21N7O. The van der Waals surface area contributed by atoms with Crippen LogP contribution in [0.15, 0.2) is 55.1 Å². The highest BCUT2D eigenvalue weighted by Gasteiger charge is 2.23. The van der Waals surface area contributed by atoms with Crippen molar-refractivity contribution in [3.05, 3.63) is 60.7 Å². The highest BCUT2D eigenvalue weighted by molar-refractivity contribution is 5.95. The van der Waals surface area contributed by atoms with Crippen molar-refractivity contribution in [1.82, 2.24) is 25.3 Å². The fraction of sp³-hybridized carbons (Fsp3) is 0.250. The number of carbonyl (C=O) groups is 1. The fourth-order valence-electron chi connectivity index (χ4n) is 3.34. The Labute approximate surface area is 162 Å². The summed E-state index contributed by atoms with van der Waals surface area (Å²) in [6.07, 6.45) is 8.61. The van der Waals surface area contributed by atoms with Crippen LogP contribution in [0.4, 0.5) is 11.6 Å². The van der Waals surface area contributed by atoms with Crippen LogP contribution in [-0.4, -0.2) is 45.0 Å². The number of nitrogens with one attached hydrogen (secondary N) is 1. The van der Waals surface area contributed by atoms with Gasteiger partial charge >= 0.3 is 0 Å². The number of benzene rings is 1. The van der Waals surface area contributed by atoms with E-state index < -0.39 is 0 Å². The molecule has 3 heterocycles. The van der Waals surface area contributed by atoms with E-state index >= 15 is 0 Å². The Bertz CT molecular complexity index is 964. The van der Waals surface area contributed by atoms with Gasteiger partial charge in [-0.1, -0.05) is 12.1 Å². The third-order valence-electron chi connectivity index (χ3n) is 4.69. The second kappa shape index (κ2) is 7.99. The maximum Gasteiger partial charge on any atom is 0.251 e. The van der Waals surface area contributed by atoms with Gasteiger partial charge in [-0.05, 0) is 31.0 Å². The molecule has 0 bridgehead atoms. The summed E-state index contributed by atoms with van der Waals surface area (Å²) < 4.78 is 0. The Balaban J connectivity index is 1.46. The van der Waals surface area contributed by atoms with E-state index in [-0.39, 0.29) is 11.9 Å². The standard InChI is InChI=1S/C20H21N7O/c21-17-6-7-24-19(26-17)14-3-1-4-15(11-14)20(28)25-16-5-2-10-27(13-16)18-12-22-8-9-23-18/h1,3-4,6-9,11-12,16H,2,5,10,13H2,(H,25,28)(H2,21,24,26)/t16-/m1/s1. The maximum atomic E-state index is 12.8. The van der Waals surface area contributed by atoms with Crippen molar-refractivity contribution in [2.45, 2.75) is 18.9 Å². The van der Waals surface area contributed by atoms with Crippen LogP contribution in [0, 0.1) is 0 Å². The summed E-state index contributed by atoms with van der Waals surface area (Å²) in [4.78, 5) is 31.9. The van der Waals surface area contributed by atoms with E-state index in [1.54, 1.807) is 43.0 Å². The first kappa shape index (κ1) is 17.8. The molecule has 1 fully saturated rings. The van der Waals surface area contributed by atoms with E-state index in [0.29, 0.717) is 23.8 Å². The summed E-state index contributed by atoms with van der Waals surface area (Å²) in [6.45, 7) is 1.62. The normalized spacial score (nSPS) is 16.6. The predicted octanol–water partition coefficient (Wildman–Crippen LogP) is 1.91.